The molecule has 2 aromatic rings. The van der Waals surface area contributed by atoms with Gasteiger partial charge < -0.3 is 19.5 Å². The lowest BCUT2D eigenvalue weighted by Crippen LogP contribution is -2.43. The minimum Gasteiger partial charge on any atom is -0.490 e. The predicted octanol–water partition coefficient (Wildman–Crippen LogP) is 3.73. The smallest absolute Gasteiger partial charge is 0.227 e. The van der Waals surface area contributed by atoms with Gasteiger partial charge in [0.25, 0.3) is 0 Å². The average Bonchev–Trinajstić information content (AvgIpc) is 2.94. The number of hydrogen-bond acceptors (Lipinski definition) is 5. The molecule has 0 spiro atoms. The number of fused-ring (bicyclic) bond motifs is 1. The zero-order valence-corrected chi connectivity index (χ0v) is 17.0. The summed E-state index contributed by atoms with van der Waals surface area (Å²) in [5, 5.41) is 3.32. The Hall–Kier alpha value is -2.28. The van der Waals surface area contributed by atoms with Crippen molar-refractivity contribution in [2.45, 2.75) is 25.5 Å². The number of carbonyl (C=O) groups is 1. The third-order valence-electron chi connectivity index (χ3n) is 5.00. The number of nitrogens with one attached hydrogen (secondary N) is 1. The van der Waals surface area contributed by atoms with Crippen LogP contribution in [0.3, 0.4) is 0 Å². The van der Waals surface area contributed by atoms with Gasteiger partial charge in [0.1, 0.15) is 0 Å². The predicted molar refractivity (Wildman–Crippen MR) is 112 cm³/mol. The molecule has 1 unspecified atom stereocenters. The highest BCUT2D eigenvalue weighted by Gasteiger charge is 2.24. The highest BCUT2D eigenvalue weighted by atomic mass is 35.5. The van der Waals surface area contributed by atoms with Crippen molar-refractivity contribution in [3.8, 4) is 11.5 Å². The van der Waals surface area contributed by atoms with E-state index in [1.54, 1.807) is 12.1 Å². The first-order valence-corrected chi connectivity index (χ1v) is 10.3. The molecular weight excluding hydrogens is 392 g/mol. The first kappa shape index (κ1) is 20.0. The second-order valence-electron chi connectivity index (χ2n) is 7.30. The first-order chi connectivity index (χ1) is 14.2. The molecule has 1 amide bonds. The number of nitrogens with zero attached hydrogens (tertiary/aromatic N) is 1. The number of carbonyl (C=O) groups excluding carboxylic acids is 1. The van der Waals surface area contributed by atoms with Gasteiger partial charge in [-0.1, -0.05) is 41.9 Å². The normalized spacial score (nSPS) is 19.4. The van der Waals surface area contributed by atoms with Crippen LogP contribution in [-0.2, 0) is 16.1 Å². The number of morpholine rings is 1. The van der Waals surface area contributed by atoms with E-state index in [-0.39, 0.29) is 18.4 Å². The van der Waals surface area contributed by atoms with Crippen molar-refractivity contribution >= 4 is 23.2 Å². The quantitative estimate of drug-likeness (QED) is 0.804. The van der Waals surface area contributed by atoms with Crippen LogP contribution in [0, 0.1) is 0 Å². The Morgan fingerprint density at radius 3 is 2.66 bits per heavy atom. The average molecular weight is 417 g/mol. The molecule has 2 aromatic carbocycles. The molecule has 0 radical (unpaired) electrons. The van der Waals surface area contributed by atoms with Crippen LogP contribution in [0.25, 0.3) is 0 Å². The van der Waals surface area contributed by atoms with Crippen LogP contribution in [-0.4, -0.2) is 49.8 Å². The van der Waals surface area contributed by atoms with Gasteiger partial charge in [-0.2, -0.15) is 0 Å². The Labute approximate surface area is 175 Å². The lowest BCUT2D eigenvalue weighted by molar-refractivity contribution is -0.121. The van der Waals surface area contributed by atoms with Crippen molar-refractivity contribution in [3.63, 3.8) is 0 Å². The van der Waals surface area contributed by atoms with Gasteiger partial charge in [0, 0.05) is 38.2 Å². The standard InChI is InChI=1S/C22H25ClN2O4/c23-18-12-20-21(29-9-4-8-28-20)13-19(18)24-22(26)11-17-15-25(7-10-27-17)14-16-5-2-1-3-6-16/h1-3,5-6,12-13,17H,4,7-11,14-15H2,(H,24,26). The van der Waals surface area contributed by atoms with Crippen LogP contribution in [0.15, 0.2) is 42.5 Å². The number of hydrogen-bond donors (Lipinski definition) is 1. The number of amides is 1. The molecule has 6 nitrogen and oxygen atoms in total. The minimum atomic E-state index is -0.147. The molecule has 2 aliphatic rings. The summed E-state index contributed by atoms with van der Waals surface area (Å²) >= 11 is 6.33. The van der Waals surface area contributed by atoms with Crippen molar-refractivity contribution in [2.24, 2.45) is 0 Å². The SMILES string of the molecule is O=C(CC1CN(Cc2ccccc2)CCO1)Nc1cc2c(cc1Cl)OCCCO2. The van der Waals surface area contributed by atoms with Crippen molar-refractivity contribution in [2.75, 3.05) is 38.2 Å². The van der Waals surface area contributed by atoms with E-state index in [2.05, 4.69) is 22.3 Å². The molecule has 29 heavy (non-hydrogen) atoms. The van der Waals surface area contributed by atoms with Crippen LogP contribution in [0.2, 0.25) is 5.02 Å². The second kappa shape index (κ2) is 9.48. The fourth-order valence-electron chi connectivity index (χ4n) is 3.58. The Bertz CT molecular complexity index is 846. The van der Waals surface area contributed by atoms with Gasteiger partial charge in [0.2, 0.25) is 5.91 Å². The maximum absolute atomic E-state index is 12.6. The minimum absolute atomic E-state index is 0.132. The molecule has 1 N–H and O–H groups in total. The van der Waals surface area contributed by atoms with Crippen LogP contribution < -0.4 is 14.8 Å². The fraction of sp³-hybridized carbons (Fsp3) is 0.409. The Morgan fingerprint density at radius 1 is 1.10 bits per heavy atom. The van der Waals surface area contributed by atoms with E-state index in [0.717, 1.165) is 26.1 Å². The van der Waals surface area contributed by atoms with Gasteiger partial charge in [0.05, 0.1) is 43.1 Å². The maximum Gasteiger partial charge on any atom is 0.227 e. The summed E-state index contributed by atoms with van der Waals surface area (Å²) in [6.07, 6.45) is 0.939. The molecule has 1 atom stereocenters. The Morgan fingerprint density at radius 2 is 1.86 bits per heavy atom. The van der Waals surface area contributed by atoms with Gasteiger partial charge in [-0.25, -0.2) is 0 Å². The van der Waals surface area contributed by atoms with Crippen LogP contribution in [0.4, 0.5) is 5.69 Å². The lowest BCUT2D eigenvalue weighted by Gasteiger charge is -2.32. The largest absolute Gasteiger partial charge is 0.490 e. The number of halogens is 1. The molecule has 0 bridgehead atoms. The number of rotatable bonds is 5. The third-order valence-corrected chi connectivity index (χ3v) is 5.31. The van der Waals surface area contributed by atoms with Crippen molar-refractivity contribution in [1.82, 2.24) is 4.90 Å². The number of anilines is 1. The fourth-order valence-corrected chi connectivity index (χ4v) is 3.78. The zero-order chi connectivity index (χ0) is 20.1. The van der Waals surface area contributed by atoms with Crippen molar-refractivity contribution in [3.05, 3.63) is 53.1 Å². The van der Waals surface area contributed by atoms with E-state index in [1.165, 1.54) is 5.56 Å². The molecule has 0 aliphatic carbocycles. The van der Waals surface area contributed by atoms with E-state index in [4.69, 9.17) is 25.8 Å². The molecule has 2 heterocycles. The van der Waals surface area contributed by atoms with E-state index < -0.39 is 0 Å². The van der Waals surface area contributed by atoms with Crippen molar-refractivity contribution < 1.29 is 19.0 Å². The van der Waals surface area contributed by atoms with Gasteiger partial charge in [-0.15, -0.1) is 0 Å². The molecule has 1 saturated heterocycles. The number of ether oxygens (including phenoxy) is 3. The van der Waals surface area contributed by atoms with Gasteiger partial charge in [0.15, 0.2) is 11.5 Å². The Kier molecular flexibility index (Phi) is 6.54. The molecular formula is C22H25ClN2O4. The van der Waals surface area contributed by atoms with Gasteiger partial charge >= 0.3 is 0 Å². The summed E-state index contributed by atoms with van der Waals surface area (Å²) in [5.74, 6) is 1.08. The second-order valence-corrected chi connectivity index (χ2v) is 7.70. The molecule has 4 rings (SSSR count). The molecule has 2 aliphatic heterocycles. The highest BCUT2D eigenvalue weighted by Crippen LogP contribution is 2.37. The van der Waals surface area contributed by atoms with E-state index in [9.17, 15) is 4.79 Å². The van der Waals surface area contributed by atoms with Crippen LogP contribution in [0.5, 0.6) is 11.5 Å². The van der Waals surface area contributed by atoms with Gasteiger partial charge in [-0.3, -0.25) is 9.69 Å². The topological polar surface area (TPSA) is 60.0 Å². The summed E-state index contributed by atoms with van der Waals surface area (Å²) in [6, 6.07) is 13.7. The monoisotopic (exact) mass is 416 g/mol. The lowest BCUT2D eigenvalue weighted by atomic mass is 10.1. The van der Waals surface area contributed by atoms with Gasteiger partial charge in [-0.05, 0) is 5.56 Å². The van der Waals surface area contributed by atoms with Crippen molar-refractivity contribution in [1.29, 1.82) is 0 Å². The molecule has 7 heteroatoms. The van der Waals surface area contributed by atoms with Crippen LogP contribution >= 0.6 is 11.6 Å². The van der Waals surface area contributed by atoms with E-state index >= 15 is 0 Å². The number of benzene rings is 2. The molecule has 1 fully saturated rings. The van der Waals surface area contributed by atoms with E-state index in [0.29, 0.717) is 42.0 Å². The summed E-state index contributed by atoms with van der Waals surface area (Å²) in [6.45, 7) is 4.23. The van der Waals surface area contributed by atoms with Crippen LogP contribution in [0.1, 0.15) is 18.4 Å². The third kappa shape index (κ3) is 5.41. The summed E-state index contributed by atoms with van der Waals surface area (Å²) < 4.78 is 17.1. The summed E-state index contributed by atoms with van der Waals surface area (Å²) in [4.78, 5) is 14.9. The highest BCUT2D eigenvalue weighted by molar-refractivity contribution is 6.34. The first-order valence-electron chi connectivity index (χ1n) is 9.94. The molecule has 154 valence electrons. The van der Waals surface area contributed by atoms with E-state index in [1.807, 2.05) is 18.2 Å². The Balaban J connectivity index is 1.34. The maximum atomic E-state index is 12.6. The molecule has 0 aromatic heterocycles. The molecule has 0 saturated carbocycles. The summed E-state index contributed by atoms with van der Waals surface area (Å²) in [5.41, 5.74) is 1.79. The summed E-state index contributed by atoms with van der Waals surface area (Å²) in [7, 11) is 0. The zero-order valence-electron chi connectivity index (χ0n) is 16.2.